The number of halogens is 1. The summed E-state index contributed by atoms with van der Waals surface area (Å²) in [6.45, 7) is 7.85. The standard InChI is InChI=1S/C13H24INO3/c1-5-10-7-6-9(8-16)11(14)15(10)12(17)18-13(2,3)4/h9-11,16H,5-8H2,1-4H3/t9-,10?,11?/m0/s1. The SMILES string of the molecule is CCC1CC[C@@H](CO)C(I)N1C(=O)OC(C)(C)C. The molecule has 1 rings (SSSR count). The number of carbonyl (C=O) groups excluding carboxylic acids is 1. The molecule has 1 amide bonds. The summed E-state index contributed by atoms with van der Waals surface area (Å²) >= 11 is 2.25. The second kappa shape index (κ2) is 6.41. The third-order valence-electron chi connectivity index (χ3n) is 3.23. The number of piperidine rings is 1. The lowest BCUT2D eigenvalue weighted by molar-refractivity contribution is -0.00552. The molecule has 1 aliphatic rings. The van der Waals surface area contributed by atoms with Crippen molar-refractivity contribution in [3.05, 3.63) is 0 Å². The number of hydrogen-bond donors (Lipinski definition) is 1. The molecule has 0 spiro atoms. The molecule has 1 heterocycles. The fourth-order valence-corrected chi connectivity index (χ4v) is 3.52. The molecule has 1 N–H and O–H groups in total. The van der Waals surface area contributed by atoms with E-state index in [0.717, 1.165) is 19.3 Å². The normalized spacial score (nSPS) is 29.2. The molecule has 0 aliphatic carbocycles. The Labute approximate surface area is 123 Å². The number of rotatable bonds is 2. The molecule has 18 heavy (non-hydrogen) atoms. The van der Waals surface area contributed by atoms with Crippen LogP contribution in [0.3, 0.4) is 0 Å². The minimum Gasteiger partial charge on any atom is -0.444 e. The Morgan fingerprint density at radius 2 is 2.06 bits per heavy atom. The number of aliphatic hydroxyl groups excluding tert-OH is 1. The van der Waals surface area contributed by atoms with Crippen molar-refractivity contribution in [2.24, 2.45) is 5.92 Å². The summed E-state index contributed by atoms with van der Waals surface area (Å²) < 4.78 is 5.49. The van der Waals surface area contributed by atoms with Gasteiger partial charge in [0, 0.05) is 18.6 Å². The van der Waals surface area contributed by atoms with Crippen LogP contribution in [-0.2, 0) is 4.74 Å². The average molecular weight is 369 g/mol. The van der Waals surface area contributed by atoms with Gasteiger partial charge < -0.3 is 9.84 Å². The van der Waals surface area contributed by atoms with Gasteiger partial charge in [0.25, 0.3) is 0 Å². The summed E-state index contributed by atoms with van der Waals surface area (Å²) in [6.07, 6.45) is 2.59. The molecule has 4 nitrogen and oxygen atoms in total. The first kappa shape index (κ1) is 16.0. The van der Waals surface area contributed by atoms with Gasteiger partial charge in [-0.05, 0) is 40.0 Å². The monoisotopic (exact) mass is 369 g/mol. The van der Waals surface area contributed by atoms with Gasteiger partial charge >= 0.3 is 6.09 Å². The lowest BCUT2D eigenvalue weighted by atomic mass is 9.92. The zero-order valence-corrected chi connectivity index (χ0v) is 13.8. The minimum atomic E-state index is -0.474. The quantitative estimate of drug-likeness (QED) is 0.462. The van der Waals surface area contributed by atoms with E-state index in [1.807, 2.05) is 25.7 Å². The fourth-order valence-electron chi connectivity index (χ4n) is 2.26. The van der Waals surface area contributed by atoms with E-state index in [1.165, 1.54) is 0 Å². The Morgan fingerprint density at radius 1 is 1.44 bits per heavy atom. The summed E-state index contributed by atoms with van der Waals surface area (Å²) in [5, 5.41) is 9.37. The summed E-state index contributed by atoms with van der Waals surface area (Å²) in [6, 6.07) is 0.226. The van der Waals surface area contributed by atoms with Crippen LogP contribution in [0.4, 0.5) is 4.79 Å². The van der Waals surface area contributed by atoms with E-state index in [-0.39, 0.29) is 28.7 Å². The topological polar surface area (TPSA) is 49.8 Å². The predicted octanol–water partition coefficient (Wildman–Crippen LogP) is 3.17. The van der Waals surface area contributed by atoms with Gasteiger partial charge in [0.1, 0.15) is 5.60 Å². The van der Waals surface area contributed by atoms with Crippen LogP contribution in [-0.4, -0.2) is 38.4 Å². The van der Waals surface area contributed by atoms with Gasteiger partial charge in [-0.2, -0.15) is 0 Å². The van der Waals surface area contributed by atoms with Crippen molar-refractivity contribution in [1.82, 2.24) is 4.90 Å². The second-order valence-corrected chi connectivity index (χ2v) is 7.12. The molecule has 1 saturated heterocycles. The molecular weight excluding hydrogens is 345 g/mol. The third kappa shape index (κ3) is 3.98. The molecule has 3 atom stereocenters. The number of amides is 1. The van der Waals surface area contributed by atoms with E-state index in [2.05, 4.69) is 29.5 Å². The summed E-state index contributed by atoms with van der Waals surface area (Å²) in [5.74, 6) is 0.154. The number of ether oxygens (including phenoxy) is 1. The van der Waals surface area contributed by atoms with Gasteiger partial charge in [0.05, 0.1) is 4.05 Å². The van der Waals surface area contributed by atoms with E-state index >= 15 is 0 Å². The number of hydrogen-bond acceptors (Lipinski definition) is 3. The number of likely N-dealkylation sites (tertiary alicyclic amines) is 1. The van der Waals surface area contributed by atoms with Crippen molar-refractivity contribution >= 4 is 28.7 Å². The van der Waals surface area contributed by atoms with Crippen molar-refractivity contribution < 1.29 is 14.6 Å². The fraction of sp³-hybridized carbons (Fsp3) is 0.923. The molecule has 0 aromatic rings. The lowest BCUT2D eigenvalue weighted by Gasteiger charge is -2.43. The molecule has 1 fully saturated rings. The summed E-state index contributed by atoms with van der Waals surface area (Å²) in [5.41, 5.74) is -0.474. The van der Waals surface area contributed by atoms with E-state index in [4.69, 9.17) is 4.74 Å². The first-order valence-corrected chi connectivity index (χ1v) is 7.81. The van der Waals surface area contributed by atoms with Gasteiger partial charge in [-0.25, -0.2) is 4.79 Å². The van der Waals surface area contributed by atoms with Crippen LogP contribution in [0.25, 0.3) is 0 Å². The van der Waals surface area contributed by atoms with Crippen molar-refractivity contribution in [3.8, 4) is 0 Å². The highest BCUT2D eigenvalue weighted by Gasteiger charge is 2.39. The van der Waals surface area contributed by atoms with Gasteiger partial charge in [0.2, 0.25) is 0 Å². The van der Waals surface area contributed by atoms with Crippen molar-refractivity contribution in [2.75, 3.05) is 6.61 Å². The summed E-state index contributed by atoms with van der Waals surface area (Å²) in [4.78, 5) is 14.1. The molecule has 0 bridgehead atoms. The Bertz CT molecular complexity index is 290. The Balaban J connectivity index is 2.81. The van der Waals surface area contributed by atoms with Crippen molar-refractivity contribution in [3.63, 3.8) is 0 Å². The zero-order chi connectivity index (χ0) is 13.9. The predicted molar refractivity (Wildman–Crippen MR) is 79.8 cm³/mol. The molecule has 0 radical (unpaired) electrons. The van der Waals surface area contributed by atoms with Crippen LogP contribution in [0.2, 0.25) is 0 Å². The first-order valence-electron chi connectivity index (χ1n) is 6.56. The zero-order valence-electron chi connectivity index (χ0n) is 11.6. The van der Waals surface area contributed by atoms with Gasteiger partial charge in [0.15, 0.2) is 0 Å². The molecule has 0 aromatic carbocycles. The molecule has 106 valence electrons. The first-order chi connectivity index (χ1) is 8.30. The third-order valence-corrected chi connectivity index (χ3v) is 4.85. The maximum Gasteiger partial charge on any atom is 0.411 e. The highest BCUT2D eigenvalue weighted by atomic mass is 127. The molecule has 0 aromatic heterocycles. The highest BCUT2D eigenvalue weighted by molar-refractivity contribution is 14.1. The number of carbonyl (C=O) groups is 1. The molecule has 2 unspecified atom stereocenters. The number of aliphatic hydroxyl groups is 1. The van der Waals surface area contributed by atoms with Crippen LogP contribution in [0.15, 0.2) is 0 Å². The Hall–Kier alpha value is -0.0400. The second-order valence-electron chi connectivity index (χ2n) is 5.84. The maximum atomic E-state index is 12.3. The van der Waals surface area contributed by atoms with E-state index in [1.54, 1.807) is 0 Å². The molecule has 0 saturated carbocycles. The van der Waals surface area contributed by atoms with Gasteiger partial charge in [-0.3, -0.25) is 4.90 Å². The lowest BCUT2D eigenvalue weighted by Crippen LogP contribution is -2.53. The molecular formula is C13H24INO3. The van der Waals surface area contributed by atoms with Crippen LogP contribution in [0.1, 0.15) is 47.0 Å². The van der Waals surface area contributed by atoms with Crippen molar-refractivity contribution in [1.29, 1.82) is 0 Å². The Kier molecular flexibility index (Phi) is 5.70. The largest absolute Gasteiger partial charge is 0.444 e. The van der Waals surface area contributed by atoms with Gasteiger partial charge in [-0.15, -0.1) is 0 Å². The van der Waals surface area contributed by atoms with E-state index < -0.39 is 5.60 Å². The molecule has 1 aliphatic heterocycles. The van der Waals surface area contributed by atoms with Crippen LogP contribution >= 0.6 is 22.6 Å². The smallest absolute Gasteiger partial charge is 0.411 e. The number of nitrogens with zero attached hydrogens (tertiary/aromatic N) is 1. The highest BCUT2D eigenvalue weighted by Crippen LogP contribution is 2.34. The van der Waals surface area contributed by atoms with Gasteiger partial charge in [-0.1, -0.05) is 29.5 Å². The molecule has 5 heteroatoms. The number of alkyl halides is 1. The summed E-state index contributed by atoms with van der Waals surface area (Å²) in [7, 11) is 0. The van der Waals surface area contributed by atoms with Crippen LogP contribution in [0.5, 0.6) is 0 Å². The van der Waals surface area contributed by atoms with E-state index in [0.29, 0.717) is 0 Å². The maximum absolute atomic E-state index is 12.3. The van der Waals surface area contributed by atoms with E-state index in [9.17, 15) is 9.90 Å². The average Bonchev–Trinajstić information content (AvgIpc) is 2.25. The van der Waals surface area contributed by atoms with Crippen LogP contribution < -0.4 is 0 Å². The Morgan fingerprint density at radius 3 is 2.50 bits per heavy atom. The van der Waals surface area contributed by atoms with Crippen LogP contribution in [0, 0.1) is 5.92 Å². The minimum absolute atomic E-state index is 0.0150. The van der Waals surface area contributed by atoms with Crippen molar-refractivity contribution in [2.45, 2.75) is 62.6 Å².